The number of hydrogen-bond donors (Lipinski definition) is 1. The van der Waals surface area contributed by atoms with E-state index >= 15 is 0 Å². The fourth-order valence-electron chi connectivity index (χ4n) is 9.67. The van der Waals surface area contributed by atoms with Crippen LogP contribution in [-0.4, -0.2) is 37.1 Å². The van der Waals surface area contributed by atoms with Crippen LogP contribution in [0.25, 0.3) is 50.6 Å². The fraction of sp³-hybridized carbons (Fsp3) is 0.197. The number of imidazole rings is 1. The molecule has 0 saturated carbocycles. The van der Waals surface area contributed by atoms with Gasteiger partial charge in [0.2, 0.25) is 0 Å². The summed E-state index contributed by atoms with van der Waals surface area (Å²) < 4.78 is 47.0. The number of hydrogen-bond acceptors (Lipinski definition) is 6. The molecule has 0 bridgehead atoms. The third-order valence-corrected chi connectivity index (χ3v) is 13.4. The molecule has 70 heavy (non-hydrogen) atoms. The number of phenolic OH excluding ortho intramolecular Hbond substituents is 1. The topological polar surface area (TPSA) is 69.8 Å². The number of phenols is 1. The van der Waals surface area contributed by atoms with Crippen LogP contribution in [0.4, 0.5) is 17.2 Å². The fourth-order valence-corrected chi connectivity index (χ4v) is 9.67. The van der Waals surface area contributed by atoms with E-state index in [-0.39, 0.29) is 49.9 Å². The Kier molecular flexibility index (Phi) is 10.2. The van der Waals surface area contributed by atoms with Gasteiger partial charge in [0, 0.05) is 44.1 Å². The van der Waals surface area contributed by atoms with Gasteiger partial charge in [0.15, 0.2) is 5.82 Å². The van der Waals surface area contributed by atoms with Crippen LogP contribution < -0.4 is 16.0 Å². The van der Waals surface area contributed by atoms with Crippen molar-refractivity contribution in [2.75, 3.05) is 4.90 Å². The van der Waals surface area contributed by atoms with Crippen LogP contribution in [0, 0.1) is 6.07 Å². The summed E-state index contributed by atoms with van der Waals surface area (Å²) in [6, 6.07) is 40.6. The Labute approximate surface area is 434 Å². The molecule has 3 aliphatic heterocycles. The Morgan fingerprint density at radius 1 is 0.671 bits per heavy atom. The largest absolute Gasteiger partial charge is 0.507 e. The molecule has 0 saturated heterocycles. The Hall–Kier alpha value is -7.02. The molecule has 2 aromatic heterocycles. The number of amidine groups is 1. The van der Waals surface area contributed by atoms with Crippen molar-refractivity contribution < 1.29 is 33.0 Å². The minimum absolute atomic E-state index is 0. The van der Waals surface area contributed by atoms with Crippen molar-refractivity contribution >= 4 is 40.9 Å². The van der Waals surface area contributed by atoms with E-state index in [1.54, 1.807) is 0 Å². The quantitative estimate of drug-likeness (QED) is 0.133. The van der Waals surface area contributed by atoms with E-state index in [2.05, 4.69) is 133 Å². The van der Waals surface area contributed by atoms with Crippen LogP contribution in [0.1, 0.15) is 85.9 Å². The van der Waals surface area contributed by atoms with Crippen molar-refractivity contribution in [3.8, 4) is 56.3 Å². The van der Waals surface area contributed by atoms with Gasteiger partial charge in [-0.3, -0.25) is 4.57 Å². The van der Waals surface area contributed by atoms with Crippen LogP contribution >= 0.6 is 0 Å². The molecule has 350 valence electrons. The standard InChI is InChI=1S/C61H56BN6O.Pt/c1-59(2,3)43-29-31-51(46(36-43)40-22-15-11-16-23-40)67-57(47-37-44(60(4,5)6)38-48(55(47)69)61(7,8)9)65-56-58(67)64-53-26-19-27-54-66(45-24-17-12-18-25-45)52-30-28-42(34-49(52)62(56)68(53)54)50-35-41(32-33-63-50)39-20-13-10-14-21-39;/h10-33,35-38,69H,1-9H3;/q-1;/i11D,15D,16D,22D,23D;. The molecule has 0 radical (unpaired) electrons. The maximum absolute atomic E-state index is 12.8. The molecule has 0 spiro atoms. The number of nitrogens with zero attached hydrogens (tertiary/aromatic N) is 6. The van der Waals surface area contributed by atoms with Crippen LogP contribution in [0.3, 0.4) is 0 Å². The molecule has 7 nitrogen and oxygen atoms in total. The molecule has 1 N–H and O–H groups in total. The van der Waals surface area contributed by atoms with Gasteiger partial charge >= 0.3 is 6.85 Å². The first kappa shape index (κ1) is 40.8. The normalized spacial score (nSPS) is 15.0. The zero-order chi connectivity index (χ0) is 52.3. The predicted molar refractivity (Wildman–Crippen MR) is 286 cm³/mol. The van der Waals surface area contributed by atoms with Crippen molar-refractivity contribution in [1.29, 1.82) is 0 Å². The van der Waals surface area contributed by atoms with Crippen LogP contribution in [-0.2, 0) is 37.3 Å². The zero-order valence-electron chi connectivity index (χ0n) is 45.8. The number of rotatable bonds is 6. The number of aliphatic imine (C=N–C) groups is 1. The maximum atomic E-state index is 12.8. The summed E-state index contributed by atoms with van der Waals surface area (Å²) in [5.74, 6) is 2.37. The van der Waals surface area contributed by atoms with Crippen molar-refractivity contribution in [3.63, 3.8) is 0 Å². The molecule has 0 fully saturated rings. The first-order valence-corrected chi connectivity index (χ1v) is 23.5. The van der Waals surface area contributed by atoms with Gasteiger partial charge in [-0.15, -0.1) is 29.2 Å². The van der Waals surface area contributed by atoms with E-state index in [1.165, 1.54) is 0 Å². The Morgan fingerprint density at radius 3 is 2.06 bits per heavy atom. The van der Waals surface area contributed by atoms with Gasteiger partial charge in [0.1, 0.15) is 17.4 Å². The summed E-state index contributed by atoms with van der Waals surface area (Å²) >= 11 is 0. The van der Waals surface area contributed by atoms with Crippen molar-refractivity contribution in [1.82, 2.24) is 19.3 Å². The minimum atomic E-state index is -0.631. The van der Waals surface area contributed by atoms with E-state index in [0.29, 0.717) is 39.9 Å². The minimum Gasteiger partial charge on any atom is -0.507 e. The molecular formula is C61H56BN6OPt-. The van der Waals surface area contributed by atoms with Crippen LogP contribution in [0.5, 0.6) is 5.75 Å². The second kappa shape index (κ2) is 17.4. The smallest absolute Gasteiger partial charge is 0.339 e. The first-order chi connectivity index (χ1) is 35.1. The second-order valence-electron chi connectivity index (χ2n) is 21.1. The number of benzene rings is 6. The number of aromatic nitrogens is 3. The summed E-state index contributed by atoms with van der Waals surface area (Å²) in [6.07, 6.45) is 7.89. The molecule has 8 aromatic rings. The SMILES string of the molecule is [2H]c1c([2H])c([2H])c(-c2cc(C(C)(C)C)ccc2-n2c(-c3cc(C(C)(C)C)cc(C(C)(C)C)c3O)nc3c2N=C2C=CC=C4N2B3c2[c-]c(-c3cc(-c5ccccc5)ccn3)ccc2N4c2ccccc2)c([2H])c1[2H].[Pt]. The molecule has 5 heterocycles. The van der Waals surface area contributed by atoms with Gasteiger partial charge in [-0.25, -0.2) is 9.98 Å². The van der Waals surface area contributed by atoms with Gasteiger partial charge in [0.05, 0.1) is 29.5 Å². The monoisotopic (exact) mass is 1100 g/mol. The molecular weight excluding hydrogens is 1040 g/mol. The third kappa shape index (κ3) is 8.06. The maximum Gasteiger partial charge on any atom is 0.339 e. The summed E-state index contributed by atoms with van der Waals surface area (Å²) in [7, 11) is 0. The Balaban J connectivity index is 0.00000641. The summed E-state index contributed by atoms with van der Waals surface area (Å²) in [5, 5.41) is 12.8. The van der Waals surface area contributed by atoms with Crippen molar-refractivity contribution in [2.45, 2.75) is 78.6 Å². The molecule has 0 aliphatic carbocycles. The average Bonchev–Trinajstić information content (AvgIpc) is 3.77. The van der Waals surface area contributed by atoms with E-state index in [1.807, 2.05) is 89.6 Å². The summed E-state index contributed by atoms with van der Waals surface area (Å²) in [5.41, 5.74) is 9.61. The van der Waals surface area contributed by atoms with Gasteiger partial charge in [-0.2, -0.15) is 0 Å². The Bertz CT molecular complexity index is 3690. The average molecular weight is 1100 g/mol. The number of pyridine rings is 1. The van der Waals surface area contributed by atoms with Gasteiger partial charge in [-0.05, 0) is 104 Å². The van der Waals surface area contributed by atoms with Crippen LogP contribution in [0.15, 0.2) is 181 Å². The van der Waals surface area contributed by atoms with E-state index in [9.17, 15) is 7.85 Å². The summed E-state index contributed by atoms with van der Waals surface area (Å²) in [6.45, 7) is 18.3. The number of aromatic hydroxyl groups is 1. The Morgan fingerprint density at radius 2 is 1.36 bits per heavy atom. The molecule has 3 aliphatic rings. The molecule has 9 heteroatoms. The molecule has 6 aromatic carbocycles. The van der Waals surface area contributed by atoms with Crippen LogP contribution in [0.2, 0.25) is 0 Å². The summed E-state index contributed by atoms with van der Waals surface area (Å²) in [4.78, 5) is 20.6. The second-order valence-corrected chi connectivity index (χ2v) is 21.1. The predicted octanol–water partition coefficient (Wildman–Crippen LogP) is 13.3. The number of fused-ring (bicyclic) bond motifs is 4. The van der Waals surface area contributed by atoms with E-state index in [0.717, 1.165) is 61.7 Å². The van der Waals surface area contributed by atoms with Gasteiger partial charge < -0.3 is 19.8 Å². The van der Waals surface area contributed by atoms with Gasteiger partial charge in [-0.1, -0.05) is 165 Å². The number of anilines is 2. The first-order valence-electron chi connectivity index (χ1n) is 26.0. The number of para-hydroxylation sites is 1. The van der Waals surface area contributed by atoms with Crippen molar-refractivity contribution in [3.05, 3.63) is 198 Å². The molecule has 0 atom stereocenters. The molecule has 11 rings (SSSR count). The molecule has 0 unspecified atom stereocenters. The zero-order valence-corrected chi connectivity index (χ0v) is 43.1. The molecule has 0 amide bonds. The van der Waals surface area contributed by atoms with Gasteiger partial charge in [0.25, 0.3) is 0 Å². The number of allylic oxidation sites excluding steroid dienone is 2. The van der Waals surface area contributed by atoms with Crippen molar-refractivity contribution in [2.24, 2.45) is 4.99 Å². The third-order valence-electron chi connectivity index (χ3n) is 13.4. The van der Waals surface area contributed by atoms with E-state index < -0.39 is 35.8 Å². The van der Waals surface area contributed by atoms with E-state index in [4.69, 9.17) is 19.1 Å².